The lowest BCUT2D eigenvalue weighted by atomic mass is 9.92. The van der Waals surface area contributed by atoms with E-state index >= 15 is 0 Å². The first-order valence-electron chi connectivity index (χ1n) is 11.8. The van der Waals surface area contributed by atoms with Gasteiger partial charge in [0, 0.05) is 42.1 Å². The number of hydrogen-bond acceptors (Lipinski definition) is 3. The van der Waals surface area contributed by atoms with Crippen LogP contribution in [0, 0.1) is 5.92 Å². The maximum atomic E-state index is 13.2. The molecule has 0 bridgehead atoms. The van der Waals surface area contributed by atoms with Crippen molar-refractivity contribution < 1.29 is 4.79 Å². The molecule has 2 heterocycles. The second-order valence-electron chi connectivity index (χ2n) is 9.05. The van der Waals surface area contributed by atoms with Gasteiger partial charge in [-0.15, -0.1) is 0 Å². The monoisotopic (exact) mass is 473 g/mol. The number of nitrogens with zero attached hydrogens (tertiary/aromatic N) is 2. The van der Waals surface area contributed by atoms with Crippen LogP contribution in [0.4, 0.5) is 0 Å². The molecule has 4 nitrogen and oxygen atoms in total. The number of carbonyl (C=O) groups is 1. The number of piperidine rings is 1. The number of rotatable bonds is 6. The van der Waals surface area contributed by atoms with E-state index in [0.29, 0.717) is 18.2 Å². The van der Waals surface area contributed by atoms with Gasteiger partial charge in [-0.25, -0.2) is 0 Å². The molecular formula is C26H33Cl2N3O. The highest BCUT2D eigenvalue weighted by molar-refractivity contribution is 6.30. The van der Waals surface area contributed by atoms with E-state index in [1.54, 1.807) is 0 Å². The van der Waals surface area contributed by atoms with E-state index in [4.69, 9.17) is 23.2 Å². The largest absolute Gasteiger partial charge is 0.337 e. The number of nitrogens with one attached hydrogen (secondary N) is 1. The molecule has 2 aromatic rings. The Morgan fingerprint density at radius 3 is 2.06 bits per heavy atom. The van der Waals surface area contributed by atoms with Crippen molar-refractivity contribution in [3.05, 3.63) is 69.7 Å². The molecule has 0 aromatic heterocycles. The van der Waals surface area contributed by atoms with Crippen LogP contribution in [0.25, 0.3) is 0 Å². The Balaban J connectivity index is 1.52. The SMILES string of the molecule is CC[C@H]1CN(C(c2ccc(Cl)cc2)c2ccc(Cl)cc2)CCN1C(=O)CC1CCNCC1. The molecule has 2 aromatic carbocycles. The molecule has 6 heteroatoms. The minimum Gasteiger partial charge on any atom is -0.337 e. The lowest BCUT2D eigenvalue weighted by Gasteiger charge is -2.45. The minimum absolute atomic E-state index is 0.111. The van der Waals surface area contributed by atoms with Gasteiger partial charge in [0.1, 0.15) is 0 Å². The number of benzene rings is 2. The van der Waals surface area contributed by atoms with Crippen LogP contribution in [0.2, 0.25) is 10.0 Å². The molecule has 0 saturated carbocycles. The summed E-state index contributed by atoms with van der Waals surface area (Å²) in [6, 6.07) is 16.6. The summed E-state index contributed by atoms with van der Waals surface area (Å²) in [6.45, 7) is 6.76. The Morgan fingerprint density at radius 2 is 1.53 bits per heavy atom. The van der Waals surface area contributed by atoms with Crippen molar-refractivity contribution in [1.82, 2.24) is 15.1 Å². The molecule has 2 saturated heterocycles. The average Bonchev–Trinajstić information content (AvgIpc) is 2.82. The van der Waals surface area contributed by atoms with E-state index in [2.05, 4.69) is 46.3 Å². The topological polar surface area (TPSA) is 35.6 Å². The van der Waals surface area contributed by atoms with Gasteiger partial charge in [0.25, 0.3) is 0 Å². The third-order valence-electron chi connectivity index (χ3n) is 6.96. The van der Waals surface area contributed by atoms with Crippen LogP contribution in [0.1, 0.15) is 49.8 Å². The molecule has 2 aliphatic rings. The highest BCUT2D eigenvalue weighted by Crippen LogP contribution is 2.33. The summed E-state index contributed by atoms with van der Waals surface area (Å²) in [7, 11) is 0. The van der Waals surface area contributed by atoms with Gasteiger partial charge < -0.3 is 10.2 Å². The third-order valence-corrected chi connectivity index (χ3v) is 7.47. The van der Waals surface area contributed by atoms with Crippen molar-refractivity contribution in [2.45, 2.75) is 44.7 Å². The van der Waals surface area contributed by atoms with E-state index in [1.807, 2.05) is 24.3 Å². The fourth-order valence-corrected chi connectivity index (χ4v) is 5.40. The second kappa shape index (κ2) is 11.0. The molecule has 0 unspecified atom stereocenters. The van der Waals surface area contributed by atoms with E-state index < -0.39 is 0 Å². The number of hydrogen-bond donors (Lipinski definition) is 1. The normalized spacial score (nSPS) is 20.6. The fraction of sp³-hybridized carbons (Fsp3) is 0.500. The highest BCUT2D eigenvalue weighted by atomic mass is 35.5. The molecule has 2 aliphatic heterocycles. The molecule has 1 atom stereocenters. The summed E-state index contributed by atoms with van der Waals surface area (Å²) < 4.78 is 0. The van der Waals surface area contributed by atoms with Gasteiger partial charge in [-0.05, 0) is 73.7 Å². The molecule has 2 fully saturated rings. The molecule has 0 radical (unpaired) electrons. The van der Waals surface area contributed by atoms with Gasteiger partial charge in [0.05, 0.1) is 6.04 Å². The summed E-state index contributed by atoms with van der Waals surface area (Å²) in [5.74, 6) is 0.855. The summed E-state index contributed by atoms with van der Waals surface area (Å²) in [5, 5.41) is 4.87. The first-order chi connectivity index (χ1) is 15.5. The summed E-state index contributed by atoms with van der Waals surface area (Å²) >= 11 is 12.3. The van der Waals surface area contributed by atoms with E-state index in [-0.39, 0.29) is 12.1 Å². The summed E-state index contributed by atoms with van der Waals surface area (Å²) in [6.07, 6.45) is 3.87. The quantitative estimate of drug-likeness (QED) is 0.610. The van der Waals surface area contributed by atoms with Crippen molar-refractivity contribution in [2.24, 2.45) is 5.92 Å². The van der Waals surface area contributed by atoms with Crippen LogP contribution in [0.15, 0.2) is 48.5 Å². The van der Waals surface area contributed by atoms with Crippen molar-refractivity contribution in [2.75, 3.05) is 32.7 Å². The predicted octanol–water partition coefficient (Wildman–Crippen LogP) is 5.40. The van der Waals surface area contributed by atoms with Gasteiger partial charge in [-0.1, -0.05) is 54.4 Å². The van der Waals surface area contributed by atoms with Crippen molar-refractivity contribution in [1.29, 1.82) is 0 Å². The Hall–Kier alpha value is -1.59. The smallest absolute Gasteiger partial charge is 0.223 e. The van der Waals surface area contributed by atoms with Gasteiger partial charge in [-0.3, -0.25) is 9.69 Å². The second-order valence-corrected chi connectivity index (χ2v) is 9.92. The van der Waals surface area contributed by atoms with Crippen LogP contribution in [0.3, 0.4) is 0 Å². The zero-order valence-electron chi connectivity index (χ0n) is 18.8. The van der Waals surface area contributed by atoms with Crippen LogP contribution in [0.5, 0.6) is 0 Å². The minimum atomic E-state index is 0.111. The lowest BCUT2D eigenvalue weighted by molar-refractivity contribution is -0.137. The number of halogens is 2. The first kappa shape index (κ1) is 23.6. The highest BCUT2D eigenvalue weighted by Gasteiger charge is 2.34. The maximum absolute atomic E-state index is 13.2. The predicted molar refractivity (Wildman–Crippen MR) is 132 cm³/mol. The zero-order chi connectivity index (χ0) is 22.5. The van der Waals surface area contributed by atoms with Crippen LogP contribution < -0.4 is 5.32 Å². The van der Waals surface area contributed by atoms with Crippen LogP contribution >= 0.6 is 23.2 Å². The molecule has 4 rings (SSSR count). The van der Waals surface area contributed by atoms with Gasteiger partial charge in [0.15, 0.2) is 0 Å². The van der Waals surface area contributed by atoms with Crippen LogP contribution in [-0.2, 0) is 4.79 Å². The number of carbonyl (C=O) groups excluding carboxylic acids is 1. The number of piperazine rings is 1. The lowest BCUT2D eigenvalue weighted by Crippen LogP contribution is -2.56. The Bertz CT molecular complexity index is 835. The van der Waals surface area contributed by atoms with Crippen molar-refractivity contribution >= 4 is 29.1 Å². The standard InChI is InChI=1S/C26H33Cl2N3O/c1-2-24-18-30(15-16-31(24)25(32)17-19-11-13-29-14-12-19)26(20-3-7-22(27)8-4-20)21-5-9-23(28)10-6-21/h3-10,19,24,26,29H,2,11-18H2,1H3/t24-/m0/s1. The molecule has 172 valence electrons. The first-order valence-corrected chi connectivity index (χ1v) is 12.6. The van der Waals surface area contributed by atoms with Gasteiger partial charge >= 0.3 is 0 Å². The maximum Gasteiger partial charge on any atom is 0.223 e. The molecule has 32 heavy (non-hydrogen) atoms. The summed E-state index contributed by atoms with van der Waals surface area (Å²) in [5.41, 5.74) is 2.42. The Labute approximate surface area is 201 Å². The fourth-order valence-electron chi connectivity index (χ4n) is 5.15. The van der Waals surface area contributed by atoms with E-state index in [1.165, 1.54) is 11.1 Å². The van der Waals surface area contributed by atoms with Crippen LogP contribution in [-0.4, -0.2) is 54.5 Å². The van der Waals surface area contributed by atoms with Gasteiger partial charge in [0.2, 0.25) is 5.91 Å². The molecule has 1 amide bonds. The Morgan fingerprint density at radius 1 is 0.969 bits per heavy atom. The Kier molecular flexibility index (Phi) is 8.12. The molecule has 0 aliphatic carbocycles. The van der Waals surface area contributed by atoms with E-state index in [0.717, 1.165) is 62.0 Å². The van der Waals surface area contributed by atoms with E-state index in [9.17, 15) is 4.79 Å². The molecular weight excluding hydrogens is 441 g/mol. The molecule has 1 N–H and O–H groups in total. The zero-order valence-corrected chi connectivity index (χ0v) is 20.3. The van der Waals surface area contributed by atoms with Crippen molar-refractivity contribution in [3.63, 3.8) is 0 Å². The third kappa shape index (κ3) is 5.66. The molecule has 0 spiro atoms. The number of amides is 1. The average molecular weight is 474 g/mol. The van der Waals surface area contributed by atoms with Crippen molar-refractivity contribution in [3.8, 4) is 0 Å². The summed E-state index contributed by atoms with van der Waals surface area (Å²) in [4.78, 5) is 17.8. The van der Waals surface area contributed by atoms with Gasteiger partial charge in [-0.2, -0.15) is 0 Å².